The molecule has 0 atom stereocenters. The van der Waals surface area contributed by atoms with Crippen LogP contribution in [0.5, 0.6) is 0 Å². The van der Waals surface area contributed by atoms with E-state index >= 15 is 0 Å². The van der Waals surface area contributed by atoms with E-state index in [1.54, 1.807) is 4.57 Å². The summed E-state index contributed by atoms with van der Waals surface area (Å²) < 4.78 is 2.83. The number of nitrogen functional groups attached to an aromatic ring is 1. The summed E-state index contributed by atoms with van der Waals surface area (Å²) in [5, 5.41) is 0. The van der Waals surface area contributed by atoms with Crippen LogP contribution in [0.15, 0.2) is 21.7 Å². The smallest absolute Gasteiger partial charge is 0.329 e. The third-order valence-electron chi connectivity index (χ3n) is 2.56. The van der Waals surface area contributed by atoms with Crippen LogP contribution >= 0.6 is 0 Å². The number of nitrogens with zero attached hydrogens (tertiary/aromatic N) is 3. The zero-order chi connectivity index (χ0) is 12.6. The van der Waals surface area contributed by atoms with Crippen molar-refractivity contribution in [2.24, 2.45) is 7.05 Å². The summed E-state index contributed by atoms with van der Waals surface area (Å²) >= 11 is 0. The number of nitrogens with two attached hydrogens (primary N) is 1. The number of aromatic amines is 1. The first kappa shape index (κ1) is 11.2. The lowest BCUT2D eigenvalue weighted by atomic mass is 10.4. The predicted octanol–water partition coefficient (Wildman–Crippen LogP) is -0.418. The lowest BCUT2D eigenvalue weighted by molar-refractivity contribution is 0.820. The fraction of sp³-hybridized carbons (Fsp3) is 0.300. The van der Waals surface area contributed by atoms with Gasteiger partial charge in [0.1, 0.15) is 0 Å². The summed E-state index contributed by atoms with van der Waals surface area (Å²) in [4.78, 5) is 29.4. The van der Waals surface area contributed by atoms with Gasteiger partial charge in [-0.3, -0.25) is 14.3 Å². The molecule has 0 saturated heterocycles. The van der Waals surface area contributed by atoms with Gasteiger partial charge in [0.15, 0.2) is 11.2 Å². The van der Waals surface area contributed by atoms with Crippen molar-refractivity contribution in [3.05, 3.63) is 33.0 Å². The SMILES string of the molecule is CC=CCn1c(N)nc2c1c(=O)[nH]c(=O)n2C. The lowest BCUT2D eigenvalue weighted by Gasteiger charge is -2.01. The maximum absolute atomic E-state index is 11.7. The van der Waals surface area contributed by atoms with Gasteiger partial charge in [-0.2, -0.15) is 4.98 Å². The second-order valence-corrected chi connectivity index (χ2v) is 3.64. The number of aryl methyl sites for hydroxylation is 1. The quantitative estimate of drug-likeness (QED) is 0.691. The minimum atomic E-state index is -0.502. The fourth-order valence-electron chi connectivity index (χ4n) is 1.65. The van der Waals surface area contributed by atoms with Crippen LogP contribution in [0.3, 0.4) is 0 Å². The molecule has 0 amide bonds. The standard InChI is InChI=1S/C10H13N5O2/c1-3-4-5-15-6-7(12-9(15)11)14(2)10(17)13-8(6)16/h3-4H,5H2,1-2H3,(H2,11,12)(H,13,16,17). The molecule has 0 unspecified atom stereocenters. The largest absolute Gasteiger partial charge is 0.369 e. The number of fused-ring (bicyclic) bond motifs is 1. The summed E-state index contributed by atoms with van der Waals surface area (Å²) in [7, 11) is 1.53. The third-order valence-corrected chi connectivity index (χ3v) is 2.56. The number of hydrogen-bond donors (Lipinski definition) is 2. The molecule has 0 aliphatic rings. The van der Waals surface area contributed by atoms with Crippen LogP contribution in [-0.4, -0.2) is 19.1 Å². The highest BCUT2D eigenvalue weighted by molar-refractivity contribution is 5.73. The Bertz CT molecular complexity index is 704. The topological polar surface area (TPSA) is 98.7 Å². The van der Waals surface area contributed by atoms with E-state index in [9.17, 15) is 9.59 Å². The van der Waals surface area contributed by atoms with Crippen LogP contribution in [-0.2, 0) is 13.6 Å². The molecule has 0 aliphatic carbocycles. The number of H-pyrrole nitrogens is 1. The van der Waals surface area contributed by atoms with Gasteiger partial charge in [0.2, 0.25) is 5.95 Å². The highest BCUT2D eigenvalue weighted by Gasteiger charge is 2.14. The molecule has 2 rings (SSSR count). The normalized spacial score (nSPS) is 11.6. The molecule has 2 heterocycles. The molecule has 0 bridgehead atoms. The first-order valence-electron chi connectivity index (χ1n) is 5.12. The fourth-order valence-corrected chi connectivity index (χ4v) is 1.65. The summed E-state index contributed by atoms with van der Waals surface area (Å²) in [6, 6.07) is 0. The Morgan fingerprint density at radius 1 is 1.47 bits per heavy atom. The van der Waals surface area contributed by atoms with E-state index in [0.717, 1.165) is 0 Å². The Morgan fingerprint density at radius 2 is 2.18 bits per heavy atom. The molecule has 7 nitrogen and oxygen atoms in total. The Kier molecular flexibility index (Phi) is 2.58. The van der Waals surface area contributed by atoms with Crippen LogP contribution in [0, 0.1) is 0 Å². The molecule has 0 aliphatic heterocycles. The number of nitrogens with one attached hydrogen (secondary N) is 1. The van der Waals surface area contributed by atoms with Crippen LogP contribution < -0.4 is 17.0 Å². The first-order chi connectivity index (χ1) is 8.06. The van der Waals surface area contributed by atoms with E-state index in [1.165, 1.54) is 11.6 Å². The Hall–Kier alpha value is -2.31. The van der Waals surface area contributed by atoms with Crippen LogP contribution in [0.4, 0.5) is 5.95 Å². The Morgan fingerprint density at radius 3 is 2.82 bits per heavy atom. The highest BCUT2D eigenvalue weighted by atomic mass is 16.2. The van der Waals surface area contributed by atoms with Gasteiger partial charge in [-0.05, 0) is 6.92 Å². The van der Waals surface area contributed by atoms with Crippen molar-refractivity contribution in [3.63, 3.8) is 0 Å². The van der Waals surface area contributed by atoms with Crippen molar-refractivity contribution < 1.29 is 0 Å². The number of allylic oxidation sites excluding steroid dienone is 2. The zero-order valence-corrected chi connectivity index (χ0v) is 9.60. The maximum Gasteiger partial charge on any atom is 0.329 e. The van der Waals surface area contributed by atoms with E-state index in [1.807, 2.05) is 19.1 Å². The number of anilines is 1. The van der Waals surface area contributed by atoms with E-state index in [4.69, 9.17) is 5.73 Å². The summed E-state index contributed by atoms with van der Waals surface area (Å²) in [5.41, 5.74) is 5.36. The van der Waals surface area contributed by atoms with Crippen LogP contribution in [0.2, 0.25) is 0 Å². The summed E-state index contributed by atoms with van der Waals surface area (Å²) in [6.45, 7) is 2.31. The van der Waals surface area contributed by atoms with Gasteiger partial charge in [-0.1, -0.05) is 12.2 Å². The van der Waals surface area contributed by atoms with Gasteiger partial charge in [-0.15, -0.1) is 0 Å². The molecule has 0 fully saturated rings. The molecule has 7 heteroatoms. The molecule has 17 heavy (non-hydrogen) atoms. The second kappa shape index (κ2) is 3.93. The molecule has 0 aromatic carbocycles. The molecular weight excluding hydrogens is 222 g/mol. The average Bonchev–Trinajstić information content (AvgIpc) is 2.61. The summed E-state index contributed by atoms with van der Waals surface area (Å²) in [5.74, 6) is 0.213. The van der Waals surface area contributed by atoms with Crippen molar-refractivity contribution in [3.8, 4) is 0 Å². The minimum absolute atomic E-state index is 0.213. The van der Waals surface area contributed by atoms with Gasteiger partial charge in [0.05, 0.1) is 0 Å². The van der Waals surface area contributed by atoms with E-state index in [0.29, 0.717) is 17.7 Å². The van der Waals surface area contributed by atoms with Crippen LogP contribution in [0.25, 0.3) is 11.2 Å². The number of imidazole rings is 1. The van der Waals surface area contributed by atoms with Gasteiger partial charge >= 0.3 is 5.69 Å². The van der Waals surface area contributed by atoms with Gasteiger partial charge < -0.3 is 10.3 Å². The zero-order valence-electron chi connectivity index (χ0n) is 9.60. The van der Waals surface area contributed by atoms with E-state index < -0.39 is 11.2 Å². The predicted molar refractivity (Wildman–Crippen MR) is 64.8 cm³/mol. The van der Waals surface area contributed by atoms with Gasteiger partial charge in [0.25, 0.3) is 5.56 Å². The lowest BCUT2D eigenvalue weighted by Crippen LogP contribution is -2.29. The van der Waals surface area contributed by atoms with Gasteiger partial charge in [0, 0.05) is 13.6 Å². The molecule has 2 aromatic rings. The number of hydrogen-bond acceptors (Lipinski definition) is 4. The third kappa shape index (κ3) is 1.65. The second-order valence-electron chi connectivity index (χ2n) is 3.64. The minimum Gasteiger partial charge on any atom is -0.369 e. The maximum atomic E-state index is 11.7. The first-order valence-corrected chi connectivity index (χ1v) is 5.12. The molecule has 3 N–H and O–H groups in total. The molecule has 0 saturated carbocycles. The molecular formula is C10H13N5O2. The van der Waals surface area contributed by atoms with E-state index in [-0.39, 0.29) is 5.95 Å². The highest BCUT2D eigenvalue weighted by Crippen LogP contribution is 2.11. The molecule has 2 aromatic heterocycles. The number of aromatic nitrogens is 4. The summed E-state index contributed by atoms with van der Waals surface area (Å²) in [6.07, 6.45) is 3.70. The Balaban J connectivity index is 2.87. The van der Waals surface area contributed by atoms with Crippen LogP contribution in [0.1, 0.15) is 6.92 Å². The van der Waals surface area contributed by atoms with Crippen molar-refractivity contribution >= 4 is 17.1 Å². The molecule has 0 radical (unpaired) electrons. The average molecular weight is 235 g/mol. The monoisotopic (exact) mass is 235 g/mol. The molecule has 90 valence electrons. The molecule has 0 spiro atoms. The van der Waals surface area contributed by atoms with E-state index in [2.05, 4.69) is 9.97 Å². The number of rotatable bonds is 2. The van der Waals surface area contributed by atoms with Crippen molar-refractivity contribution in [2.45, 2.75) is 13.5 Å². The van der Waals surface area contributed by atoms with Crippen molar-refractivity contribution in [2.75, 3.05) is 5.73 Å². The van der Waals surface area contributed by atoms with Crippen molar-refractivity contribution in [1.29, 1.82) is 0 Å². The van der Waals surface area contributed by atoms with Gasteiger partial charge in [-0.25, -0.2) is 4.79 Å². The Labute approximate surface area is 96.2 Å². The van der Waals surface area contributed by atoms with Crippen molar-refractivity contribution in [1.82, 2.24) is 19.1 Å².